The molecule has 0 aliphatic carbocycles. The van der Waals surface area contributed by atoms with Gasteiger partial charge in [0, 0.05) is 6.07 Å². The van der Waals surface area contributed by atoms with E-state index >= 15 is 0 Å². The van der Waals surface area contributed by atoms with E-state index in [0.717, 1.165) is 5.56 Å². The first-order valence-corrected chi connectivity index (χ1v) is 9.61. The van der Waals surface area contributed by atoms with Crippen LogP contribution in [0.15, 0.2) is 42.5 Å². The van der Waals surface area contributed by atoms with Crippen LogP contribution >= 0.6 is 0 Å². The molecule has 2 amide bonds. The third-order valence-electron chi connectivity index (χ3n) is 4.79. The number of amides is 2. The van der Waals surface area contributed by atoms with Gasteiger partial charge in [0.05, 0.1) is 39.0 Å². The van der Waals surface area contributed by atoms with E-state index < -0.39 is 6.04 Å². The summed E-state index contributed by atoms with van der Waals surface area (Å²) >= 11 is 0. The molecular formula is C22H26N2O5. The number of carbonyl (C=O) groups excluding carboxylic acids is 2. The van der Waals surface area contributed by atoms with Crippen LogP contribution in [-0.2, 0) is 16.0 Å². The van der Waals surface area contributed by atoms with E-state index in [2.05, 4.69) is 5.32 Å². The van der Waals surface area contributed by atoms with Crippen molar-refractivity contribution in [2.75, 3.05) is 32.3 Å². The molecule has 1 saturated heterocycles. The molecule has 1 aliphatic rings. The zero-order chi connectivity index (χ0) is 20.8. The van der Waals surface area contributed by atoms with E-state index in [1.54, 1.807) is 38.5 Å². The van der Waals surface area contributed by atoms with Crippen LogP contribution in [-0.4, -0.2) is 45.2 Å². The topological polar surface area (TPSA) is 77.1 Å². The number of anilines is 1. The highest BCUT2D eigenvalue weighted by molar-refractivity contribution is 6.22. The second kappa shape index (κ2) is 9.43. The van der Waals surface area contributed by atoms with Gasteiger partial charge >= 0.3 is 0 Å². The average Bonchev–Trinajstić information content (AvgIpc) is 3.01. The van der Waals surface area contributed by atoms with Crippen molar-refractivity contribution in [1.29, 1.82) is 0 Å². The Balaban J connectivity index is 1.61. The monoisotopic (exact) mass is 398 g/mol. The minimum Gasteiger partial charge on any atom is -0.494 e. The van der Waals surface area contributed by atoms with Crippen molar-refractivity contribution in [2.24, 2.45) is 0 Å². The van der Waals surface area contributed by atoms with Crippen LogP contribution in [0.2, 0.25) is 0 Å². The number of carbonyl (C=O) groups is 2. The Morgan fingerprint density at radius 3 is 2.59 bits per heavy atom. The maximum Gasteiger partial charge on any atom is 0.251 e. The third kappa shape index (κ3) is 4.68. The fourth-order valence-electron chi connectivity index (χ4n) is 3.37. The molecule has 0 aromatic heterocycles. The first kappa shape index (κ1) is 20.7. The van der Waals surface area contributed by atoms with Gasteiger partial charge in [-0.1, -0.05) is 12.1 Å². The molecule has 1 heterocycles. The van der Waals surface area contributed by atoms with Crippen molar-refractivity contribution in [1.82, 2.24) is 5.32 Å². The van der Waals surface area contributed by atoms with E-state index in [9.17, 15) is 9.59 Å². The standard InChI is InChI=1S/C22H26N2O5/c1-4-29-17-7-5-6-16(13-17)24-21(25)14-18(22(24)26)23-11-10-15-8-9-19(27-2)20(12-15)28-3/h5-9,12-13,18,23H,4,10-11,14H2,1-3H3/t18-/m0/s1. The van der Waals surface area contributed by atoms with Crippen LogP contribution in [0, 0.1) is 0 Å². The molecule has 0 spiro atoms. The molecule has 7 heteroatoms. The largest absolute Gasteiger partial charge is 0.494 e. The van der Waals surface area contributed by atoms with Crippen molar-refractivity contribution >= 4 is 17.5 Å². The van der Waals surface area contributed by atoms with Gasteiger partial charge in [0.1, 0.15) is 5.75 Å². The summed E-state index contributed by atoms with van der Waals surface area (Å²) in [5, 5.41) is 3.20. The van der Waals surface area contributed by atoms with Crippen LogP contribution in [0.25, 0.3) is 0 Å². The summed E-state index contributed by atoms with van der Waals surface area (Å²) in [6.07, 6.45) is 0.835. The van der Waals surface area contributed by atoms with Crippen molar-refractivity contribution in [2.45, 2.75) is 25.8 Å². The molecule has 0 radical (unpaired) electrons. The number of rotatable bonds is 9. The summed E-state index contributed by atoms with van der Waals surface area (Å²) in [5.41, 5.74) is 1.59. The Morgan fingerprint density at radius 1 is 1.07 bits per heavy atom. The maximum absolute atomic E-state index is 12.8. The molecule has 3 rings (SSSR count). The molecule has 1 N–H and O–H groups in total. The Hall–Kier alpha value is -3.06. The molecule has 2 aromatic carbocycles. The normalized spacial score (nSPS) is 16.2. The number of nitrogens with zero attached hydrogens (tertiary/aromatic N) is 1. The Labute approximate surface area is 170 Å². The number of methoxy groups -OCH3 is 2. The van der Waals surface area contributed by atoms with Gasteiger partial charge in [-0.05, 0) is 49.7 Å². The number of nitrogens with one attached hydrogen (secondary N) is 1. The Bertz CT molecular complexity index is 883. The zero-order valence-electron chi connectivity index (χ0n) is 16.9. The molecule has 1 atom stereocenters. The van der Waals surface area contributed by atoms with E-state index in [4.69, 9.17) is 14.2 Å². The Kier molecular flexibility index (Phi) is 6.72. The summed E-state index contributed by atoms with van der Waals surface area (Å²) in [6, 6.07) is 12.2. The summed E-state index contributed by atoms with van der Waals surface area (Å²) < 4.78 is 16.0. The van der Waals surface area contributed by atoms with Crippen LogP contribution in [0.1, 0.15) is 18.9 Å². The van der Waals surface area contributed by atoms with Gasteiger partial charge < -0.3 is 19.5 Å². The minimum absolute atomic E-state index is 0.142. The van der Waals surface area contributed by atoms with Gasteiger partial charge in [-0.3, -0.25) is 9.59 Å². The molecule has 2 aromatic rings. The number of ether oxygens (including phenoxy) is 3. The SMILES string of the molecule is CCOc1cccc(N2C(=O)C[C@H](NCCc3ccc(OC)c(OC)c3)C2=O)c1. The van der Waals surface area contributed by atoms with Crippen molar-refractivity contribution < 1.29 is 23.8 Å². The lowest BCUT2D eigenvalue weighted by Gasteiger charge is -2.16. The third-order valence-corrected chi connectivity index (χ3v) is 4.79. The van der Waals surface area contributed by atoms with E-state index in [0.29, 0.717) is 42.5 Å². The van der Waals surface area contributed by atoms with Crippen LogP contribution in [0.5, 0.6) is 17.2 Å². The Morgan fingerprint density at radius 2 is 1.86 bits per heavy atom. The van der Waals surface area contributed by atoms with Crippen LogP contribution in [0.3, 0.4) is 0 Å². The maximum atomic E-state index is 12.8. The predicted octanol–water partition coefficient (Wildman–Crippen LogP) is 2.57. The summed E-state index contributed by atoms with van der Waals surface area (Å²) in [7, 11) is 3.19. The number of benzene rings is 2. The van der Waals surface area contributed by atoms with Gasteiger partial charge in [-0.2, -0.15) is 0 Å². The van der Waals surface area contributed by atoms with Crippen molar-refractivity contribution in [3.63, 3.8) is 0 Å². The fraction of sp³-hybridized carbons (Fsp3) is 0.364. The summed E-state index contributed by atoms with van der Waals surface area (Å²) in [4.78, 5) is 26.5. The predicted molar refractivity (Wildman–Crippen MR) is 110 cm³/mol. The molecule has 1 aliphatic heterocycles. The lowest BCUT2D eigenvalue weighted by Crippen LogP contribution is -2.39. The van der Waals surface area contributed by atoms with Gasteiger partial charge in [0.15, 0.2) is 11.5 Å². The second-order valence-electron chi connectivity index (χ2n) is 6.65. The van der Waals surface area contributed by atoms with Gasteiger partial charge in [-0.15, -0.1) is 0 Å². The molecular weight excluding hydrogens is 372 g/mol. The highest BCUT2D eigenvalue weighted by atomic mass is 16.5. The molecule has 0 bridgehead atoms. The first-order chi connectivity index (χ1) is 14.1. The molecule has 7 nitrogen and oxygen atoms in total. The molecule has 29 heavy (non-hydrogen) atoms. The smallest absolute Gasteiger partial charge is 0.251 e. The number of hydrogen-bond donors (Lipinski definition) is 1. The highest BCUT2D eigenvalue weighted by Crippen LogP contribution is 2.28. The lowest BCUT2D eigenvalue weighted by molar-refractivity contribution is -0.121. The fourth-order valence-corrected chi connectivity index (χ4v) is 3.37. The quantitative estimate of drug-likeness (QED) is 0.654. The second-order valence-corrected chi connectivity index (χ2v) is 6.65. The van der Waals surface area contributed by atoms with Crippen molar-refractivity contribution in [3.05, 3.63) is 48.0 Å². The van der Waals surface area contributed by atoms with Gasteiger partial charge in [-0.25, -0.2) is 4.90 Å². The van der Waals surface area contributed by atoms with E-state index in [1.807, 2.05) is 25.1 Å². The van der Waals surface area contributed by atoms with E-state index in [-0.39, 0.29) is 18.2 Å². The van der Waals surface area contributed by atoms with Crippen molar-refractivity contribution in [3.8, 4) is 17.2 Å². The average molecular weight is 398 g/mol. The van der Waals surface area contributed by atoms with Gasteiger partial charge in [0.2, 0.25) is 5.91 Å². The zero-order valence-corrected chi connectivity index (χ0v) is 16.9. The molecule has 154 valence electrons. The van der Waals surface area contributed by atoms with Crippen LogP contribution in [0.4, 0.5) is 5.69 Å². The number of hydrogen-bond acceptors (Lipinski definition) is 6. The number of imide groups is 1. The minimum atomic E-state index is -0.529. The molecule has 0 unspecified atom stereocenters. The molecule has 0 saturated carbocycles. The highest BCUT2D eigenvalue weighted by Gasteiger charge is 2.39. The summed E-state index contributed by atoms with van der Waals surface area (Å²) in [6.45, 7) is 2.97. The van der Waals surface area contributed by atoms with Crippen LogP contribution < -0.4 is 24.4 Å². The van der Waals surface area contributed by atoms with E-state index in [1.165, 1.54) is 4.90 Å². The van der Waals surface area contributed by atoms with Gasteiger partial charge in [0.25, 0.3) is 5.91 Å². The molecule has 1 fully saturated rings. The first-order valence-electron chi connectivity index (χ1n) is 9.61. The summed E-state index contributed by atoms with van der Waals surface area (Å²) in [5.74, 6) is 1.52. The lowest BCUT2D eigenvalue weighted by atomic mass is 10.1.